The molecule has 326 valence electrons. The molecular weight excluding hydrogens is 789 g/mol. The molecule has 1 spiro atoms. The van der Waals surface area contributed by atoms with Gasteiger partial charge in [0.25, 0.3) is 5.91 Å². The standard InChI is InChI=1S/C47H62N8O5S/c1-9-54-38-11-10-30-18-32(38)34(42(54)33-19-31(23-48-41(33)29(4)59-8)53-16-14-52(7)15-17-53)21-46(5,6)26-60-45(58)36-22-47(12-13-47)25-55(51-36)44(57)35(20-39-49-37(30)24-61-39)50-43(56)40-27(2)28(40)3/h10-11,18-19,23-24,27-29,35-36,40,51H,9,12-17,20-22,25-26H2,1-8H3,(H,50,56)/t27-,28+,29-,35-,36-,40?/m0/s1. The largest absolute Gasteiger partial charge is 0.464 e. The van der Waals surface area contributed by atoms with E-state index in [0.717, 1.165) is 101 Å². The number of hydrazine groups is 1. The highest BCUT2D eigenvalue weighted by molar-refractivity contribution is 7.10. The summed E-state index contributed by atoms with van der Waals surface area (Å²) in [5.41, 5.74) is 10.8. The molecule has 1 aromatic carbocycles. The molecule has 13 nitrogen and oxygen atoms in total. The molecule has 2 amide bonds. The lowest BCUT2D eigenvalue weighted by Gasteiger charge is -2.39. The lowest BCUT2D eigenvalue weighted by molar-refractivity contribution is -0.157. The first-order chi connectivity index (χ1) is 29.2. The van der Waals surface area contributed by atoms with Crippen molar-refractivity contribution in [3.05, 3.63) is 52.1 Å². The van der Waals surface area contributed by atoms with Crippen molar-refractivity contribution in [2.75, 3.05) is 58.4 Å². The van der Waals surface area contributed by atoms with Gasteiger partial charge in [-0.3, -0.25) is 24.4 Å². The number of amides is 2. The van der Waals surface area contributed by atoms with Gasteiger partial charge in [-0.25, -0.2) is 10.4 Å². The number of pyridine rings is 1. The number of esters is 1. The number of hydrogen-bond donors (Lipinski definition) is 2. The Bertz CT molecular complexity index is 2340. The van der Waals surface area contributed by atoms with Crippen molar-refractivity contribution in [3.63, 3.8) is 0 Å². The zero-order chi connectivity index (χ0) is 43.0. The van der Waals surface area contributed by atoms with Crippen LogP contribution in [0.3, 0.4) is 0 Å². The molecule has 6 bridgehead atoms. The number of nitrogens with one attached hydrogen (secondary N) is 2. The summed E-state index contributed by atoms with van der Waals surface area (Å²) in [6, 6.07) is 7.37. The highest BCUT2D eigenvalue weighted by Gasteiger charge is 2.53. The zero-order valence-corrected chi connectivity index (χ0v) is 37.9. The number of fused-ring (bicyclic) bond motifs is 6. The van der Waals surface area contributed by atoms with E-state index >= 15 is 0 Å². The van der Waals surface area contributed by atoms with Gasteiger partial charge in [-0.2, -0.15) is 0 Å². The lowest BCUT2D eigenvalue weighted by Crippen LogP contribution is -2.63. The number of piperazine rings is 1. The van der Waals surface area contributed by atoms with Crippen molar-refractivity contribution in [2.24, 2.45) is 28.6 Å². The lowest BCUT2D eigenvalue weighted by atomic mass is 9.84. The van der Waals surface area contributed by atoms with Crippen LogP contribution in [0.15, 0.2) is 35.8 Å². The highest BCUT2D eigenvalue weighted by Crippen LogP contribution is 2.52. The molecule has 14 heteroatoms. The van der Waals surface area contributed by atoms with Crippen LogP contribution in [-0.4, -0.2) is 108 Å². The summed E-state index contributed by atoms with van der Waals surface area (Å²) in [6.07, 6.45) is 5.11. The summed E-state index contributed by atoms with van der Waals surface area (Å²) >= 11 is 1.51. The number of nitrogens with zero attached hydrogens (tertiary/aromatic N) is 6. The Kier molecular flexibility index (Phi) is 11.1. The fraction of sp³-hybridized carbons (Fsp3) is 0.596. The van der Waals surface area contributed by atoms with E-state index in [1.54, 1.807) is 12.1 Å². The summed E-state index contributed by atoms with van der Waals surface area (Å²) < 4.78 is 14.6. The summed E-state index contributed by atoms with van der Waals surface area (Å²) in [4.78, 5) is 57.3. The van der Waals surface area contributed by atoms with E-state index in [4.69, 9.17) is 19.4 Å². The number of aromatic nitrogens is 3. The SMILES string of the molecule is CCn1c(-c2cc(N3CCN(C)CC3)cnc2[C@H](C)OC)c2c3cc(ccc31)-c1csc(n1)C[C@H](NC(=O)C1[C@@H](C)[C@H]1C)C(=O)N1CC3(CC3)C[C@H](N1)C(=O)OCC(C)(C)C2. The molecule has 4 aromatic rings. The van der Waals surface area contributed by atoms with Gasteiger partial charge in [-0.15, -0.1) is 11.3 Å². The molecule has 2 saturated carbocycles. The fourth-order valence-electron chi connectivity index (χ4n) is 10.1. The molecule has 0 radical (unpaired) electrons. The maximum absolute atomic E-state index is 14.5. The fourth-order valence-corrected chi connectivity index (χ4v) is 10.9. The van der Waals surface area contributed by atoms with E-state index in [9.17, 15) is 14.4 Å². The zero-order valence-electron chi connectivity index (χ0n) is 37.0. The third-order valence-corrected chi connectivity index (χ3v) is 15.3. The van der Waals surface area contributed by atoms with Crippen LogP contribution in [0.25, 0.3) is 33.4 Å². The Labute approximate surface area is 363 Å². The Morgan fingerprint density at radius 1 is 1.11 bits per heavy atom. The third-order valence-electron chi connectivity index (χ3n) is 14.4. The van der Waals surface area contributed by atoms with Gasteiger partial charge in [-0.1, -0.05) is 33.8 Å². The van der Waals surface area contributed by atoms with Gasteiger partial charge in [-0.05, 0) is 87.6 Å². The first-order valence-corrected chi connectivity index (χ1v) is 23.2. The summed E-state index contributed by atoms with van der Waals surface area (Å²) in [6.45, 7) is 17.9. The molecule has 5 aliphatic rings. The van der Waals surface area contributed by atoms with Crippen molar-refractivity contribution in [3.8, 4) is 22.5 Å². The summed E-state index contributed by atoms with van der Waals surface area (Å²) in [5.74, 6) is -0.297. The second kappa shape index (κ2) is 16.1. The maximum atomic E-state index is 14.5. The van der Waals surface area contributed by atoms with Crippen LogP contribution < -0.4 is 15.6 Å². The number of hydrogen-bond acceptors (Lipinski definition) is 11. The van der Waals surface area contributed by atoms with Crippen LogP contribution in [0.1, 0.15) is 83.2 Å². The number of methoxy groups -OCH3 is 1. The molecule has 6 heterocycles. The van der Waals surface area contributed by atoms with Gasteiger partial charge in [0.2, 0.25) is 5.91 Å². The molecule has 4 fully saturated rings. The number of aryl methyl sites for hydroxylation is 1. The van der Waals surface area contributed by atoms with Gasteiger partial charge in [0.1, 0.15) is 12.1 Å². The topological polar surface area (TPSA) is 134 Å². The van der Waals surface area contributed by atoms with E-state index in [0.29, 0.717) is 19.4 Å². The quantitative estimate of drug-likeness (QED) is 0.206. The molecular formula is C47H62N8O5S. The summed E-state index contributed by atoms with van der Waals surface area (Å²) in [5, 5.41) is 8.66. The van der Waals surface area contributed by atoms with Crippen molar-refractivity contribution in [1.82, 2.24) is 35.2 Å². The minimum Gasteiger partial charge on any atom is -0.464 e. The normalized spacial score (nSPS) is 26.9. The van der Waals surface area contributed by atoms with Gasteiger partial charge >= 0.3 is 5.97 Å². The molecule has 2 saturated heterocycles. The number of rotatable bonds is 7. The minimum absolute atomic E-state index is 0.102. The average Bonchev–Trinajstić information content (AvgIpc) is 4.00. The number of carbonyl (C=O) groups excluding carboxylic acids is 3. The predicted octanol–water partition coefficient (Wildman–Crippen LogP) is 6.25. The molecule has 2 aliphatic carbocycles. The van der Waals surface area contributed by atoms with E-state index < -0.39 is 17.5 Å². The molecule has 61 heavy (non-hydrogen) atoms. The summed E-state index contributed by atoms with van der Waals surface area (Å²) in [7, 11) is 3.90. The van der Waals surface area contributed by atoms with E-state index in [1.807, 2.05) is 6.20 Å². The Hall–Kier alpha value is -4.37. The molecule has 9 rings (SSSR count). The van der Waals surface area contributed by atoms with Gasteiger partial charge in [0.15, 0.2) is 0 Å². The minimum atomic E-state index is -0.837. The van der Waals surface area contributed by atoms with Crippen LogP contribution >= 0.6 is 11.3 Å². The van der Waals surface area contributed by atoms with E-state index in [1.165, 1.54) is 11.3 Å². The second-order valence-corrected chi connectivity index (χ2v) is 20.4. The smallest absolute Gasteiger partial charge is 0.325 e. The van der Waals surface area contributed by atoms with E-state index in [-0.39, 0.29) is 60.1 Å². The number of anilines is 1. The van der Waals surface area contributed by atoms with Crippen molar-refractivity contribution in [2.45, 2.75) is 98.4 Å². The van der Waals surface area contributed by atoms with Crippen molar-refractivity contribution >= 4 is 45.7 Å². The molecule has 3 aromatic heterocycles. The van der Waals surface area contributed by atoms with Crippen molar-refractivity contribution in [1.29, 1.82) is 0 Å². The number of likely N-dealkylation sites (N-methyl/N-ethyl adjacent to an activating group) is 1. The van der Waals surface area contributed by atoms with E-state index in [2.05, 4.69) is 103 Å². The average molecular weight is 851 g/mol. The van der Waals surface area contributed by atoms with Crippen LogP contribution in [0.4, 0.5) is 5.69 Å². The number of cyclic esters (lactones) is 1. The van der Waals surface area contributed by atoms with Crippen LogP contribution in [0.5, 0.6) is 0 Å². The van der Waals surface area contributed by atoms with Gasteiger partial charge in [0, 0.05) is 91.5 Å². The van der Waals surface area contributed by atoms with Gasteiger partial charge < -0.3 is 29.2 Å². The van der Waals surface area contributed by atoms with Crippen LogP contribution in [-0.2, 0) is 43.2 Å². The third kappa shape index (κ3) is 8.09. The Morgan fingerprint density at radius 2 is 1.87 bits per heavy atom. The molecule has 2 N–H and O–H groups in total. The number of ether oxygens (including phenoxy) is 2. The predicted molar refractivity (Wildman–Crippen MR) is 238 cm³/mol. The van der Waals surface area contributed by atoms with Crippen LogP contribution in [0.2, 0.25) is 0 Å². The molecule has 6 atom stereocenters. The van der Waals surface area contributed by atoms with Crippen LogP contribution in [0, 0.1) is 28.6 Å². The Balaban J connectivity index is 1.17. The second-order valence-electron chi connectivity index (χ2n) is 19.5. The Morgan fingerprint density at radius 3 is 2.56 bits per heavy atom. The van der Waals surface area contributed by atoms with Gasteiger partial charge in [0.05, 0.1) is 46.7 Å². The number of benzene rings is 1. The van der Waals surface area contributed by atoms with Crippen molar-refractivity contribution < 1.29 is 23.9 Å². The first kappa shape index (κ1) is 42.0. The number of thiazole rings is 1. The number of carbonyl (C=O) groups is 3. The monoisotopic (exact) mass is 850 g/mol. The highest BCUT2D eigenvalue weighted by atomic mass is 32.1. The molecule has 3 aliphatic heterocycles. The first-order valence-electron chi connectivity index (χ1n) is 22.3. The molecule has 1 unspecified atom stereocenters. The maximum Gasteiger partial charge on any atom is 0.325 e.